The van der Waals surface area contributed by atoms with Gasteiger partial charge in [-0.05, 0) is 22.8 Å². The van der Waals surface area contributed by atoms with Crippen LogP contribution in [0.5, 0.6) is 0 Å². The highest BCUT2D eigenvalue weighted by Crippen LogP contribution is 2.38. The van der Waals surface area contributed by atoms with Gasteiger partial charge in [-0.1, -0.05) is 82.3 Å². The van der Waals surface area contributed by atoms with Crippen LogP contribution in [0, 0.1) is 3.82 Å². The van der Waals surface area contributed by atoms with E-state index in [0.29, 0.717) is 0 Å². The highest BCUT2D eigenvalue weighted by Gasteiger charge is 2.11. The first-order valence-corrected chi connectivity index (χ1v) is 8.47. The minimum atomic E-state index is 1.01. The first-order chi connectivity index (χ1) is 8.81. The van der Waals surface area contributed by atoms with Gasteiger partial charge in [-0.3, -0.25) is 0 Å². The SMILES string of the molecule is CCc1c(-c2cccc3ccccc23)ssc1=S. The Morgan fingerprint density at radius 1 is 1.00 bits per heavy atom. The summed E-state index contributed by atoms with van der Waals surface area (Å²) in [6.07, 6.45) is 1.01. The lowest BCUT2D eigenvalue weighted by molar-refractivity contribution is 1.16. The molecule has 0 spiro atoms. The summed E-state index contributed by atoms with van der Waals surface area (Å²) in [5.41, 5.74) is 2.65. The number of hydrogen-bond donors (Lipinski definition) is 0. The molecule has 0 bridgehead atoms. The summed E-state index contributed by atoms with van der Waals surface area (Å²) in [4.78, 5) is 1.35. The summed E-state index contributed by atoms with van der Waals surface area (Å²) in [5, 5.41) is 2.61. The topological polar surface area (TPSA) is 0 Å². The third-order valence-corrected chi connectivity index (χ3v) is 6.29. The van der Waals surface area contributed by atoms with Crippen molar-refractivity contribution in [1.82, 2.24) is 0 Å². The maximum absolute atomic E-state index is 5.42. The van der Waals surface area contributed by atoms with Crippen LogP contribution in [0.15, 0.2) is 42.5 Å². The lowest BCUT2D eigenvalue weighted by Gasteiger charge is -2.06. The largest absolute Gasteiger partial charge is 0.105 e. The molecule has 1 aromatic heterocycles. The van der Waals surface area contributed by atoms with Crippen molar-refractivity contribution in [1.29, 1.82) is 0 Å². The van der Waals surface area contributed by atoms with E-state index in [1.54, 1.807) is 20.7 Å². The first kappa shape index (κ1) is 12.0. The van der Waals surface area contributed by atoms with Crippen LogP contribution < -0.4 is 0 Å². The molecular weight excluding hydrogens is 276 g/mol. The van der Waals surface area contributed by atoms with Crippen LogP contribution in [0.4, 0.5) is 0 Å². The fourth-order valence-electron chi connectivity index (χ4n) is 2.21. The molecule has 0 fully saturated rings. The van der Waals surface area contributed by atoms with E-state index < -0.39 is 0 Å². The molecule has 0 unspecified atom stereocenters. The fraction of sp³-hybridized carbons (Fsp3) is 0.133. The van der Waals surface area contributed by atoms with Gasteiger partial charge in [0.15, 0.2) is 0 Å². The van der Waals surface area contributed by atoms with Crippen LogP contribution in [-0.4, -0.2) is 0 Å². The average molecular weight is 288 g/mol. The summed E-state index contributed by atoms with van der Waals surface area (Å²) in [6.45, 7) is 2.18. The van der Waals surface area contributed by atoms with E-state index in [2.05, 4.69) is 49.4 Å². The Morgan fingerprint density at radius 2 is 1.78 bits per heavy atom. The molecule has 0 N–H and O–H groups in total. The van der Waals surface area contributed by atoms with Gasteiger partial charge >= 0.3 is 0 Å². The van der Waals surface area contributed by atoms with E-state index in [4.69, 9.17) is 12.2 Å². The van der Waals surface area contributed by atoms with Gasteiger partial charge in [0.1, 0.15) is 3.82 Å². The van der Waals surface area contributed by atoms with Crippen molar-refractivity contribution in [3.8, 4) is 10.4 Å². The van der Waals surface area contributed by atoms with Crippen molar-refractivity contribution in [3.63, 3.8) is 0 Å². The second kappa shape index (κ2) is 4.92. The molecule has 3 aromatic rings. The third kappa shape index (κ3) is 1.92. The van der Waals surface area contributed by atoms with Crippen molar-refractivity contribution in [2.24, 2.45) is 0 Å². The zero-order valence-corrected chi connectivity index (χ0v) is 12.4. The molecule has 2 aromatic carbocycles. The molecule has 0 nitrogen and oxygen atoms in total. The van der Waals surface area contributed by atoms with Gasteiger partial charge < -0.3 is 0 Å². The molecule has 0 saturated heterocycles. The summed E-state index contributed by atoms with van der Waals surface area (Å²) >= 11 is 5.42. The van der Waals surface area contributed by atoms with Crippen molar-refractivity contribution in [2.75, 3.05) is 0 Å². The molecule has 0 atom stereocenters. The van der Waals surface area contributed by atoms with Crippen molar-refractivity contribution in [2.45, 2.75) is 13.3 Å². The summed E-state index contributed by atoms with van der Waals surface area (Å²) in [5.74, 6) is 0. The molecule has 0 aliphatic rings. The van der Waals surface area contributed by atoms with E-state index in [-0.39, 0.29) is 0 Å². The van der Waals surface area contributed by atoms with Crippen molar-refractivity contribution >= 4 is 43.7 Å². The first-order valence-electron chi connectivity index (χ1n) is 5.91. The smallest absolute Gasteiger partial charge is 0.0782 e. The highest BCUT2D eigenvalue weighted by atomic mass is 32.9. The van der Waals surface area contributed by atoms with Gasteiger partial charge in [-0.2, -0.15) is 0 Å². The Labute approximate surface area is 119 Å². The Hall–Kier alpha value is -1.03. The number of rotatable bonds is 2. The van der Waals surface area contributed by atoms with Crippen molar-refractivity contribution < 1.29 is 0 Å². The highest BCUT2D eigenvalue weighted by molar-refractivity contribution is 7.80. The number of fused-ring (bicyclic) bond motifs is 1. The number of hydrogen-bond acceptors (Lipinski definition) is 3. The van der Waals surface area contributed by atoms with E-state index >= 15 is 0 Å². The van der Waals surface area contributed by atoms with Crippen molar-refractivity contribution in [3.05, 3.63) is 51.9 Å². The second-order valence-corrected chi connectivity index (χ2v) is 6.96. The Morgan fingerprint density at radius 3 is 2.61 bits per heavy atom. The molecule has 3 heteroatoms. The van der Waals surface area contributed by atoms with Gasteiger partial charge in [0, 0.05) is 5.56 Å². The van der Waals surface area contributed by atoms with Crippen LogP contribution in [0.3, 0.4) is 0 Å². The van der Waals surface area contributed by atoms with Gasteiger partial charge in [-0.25, -0.2) is 0 Å². The van der Waals surface area contributed by atoms with Crippen LogP contribution >= 0.6 is 32.9 Å². The van der Waals surface area contributed by atoms with Crippen LogP contribution in [0.2, 0.25) is 0 Å². The second-order valence-electron chi connectivity index (χ2n) is 4.14. The molecule has 0 aliphatic heterocycles. The zero-order valence-electron chi connectivity index (χ0n) is 9.97. The monoisotopic (exact) mass is 288 g/mol. The fourth-order valence-corrected chi connectivity index (χ4v) is 5.36. The van der Waals surface area contributed by atoms with E-state index in [0.717, 1.165) is 10.2 Å². The minimum Gasteiger partial charge on any atom is -0.0782 e. The predicted octanol–water partition coefficient (Wildman–Crippen LogP) is 5.92. The zero-order chi connectivity index (χ0) is 12.5. The maximum Gasteiger partial charge on any atom is 0.105 e. The molecular formula is C15H12S3. The number of benzene rings is 2. The lowest BCUT2D eigenvalue weighted by atomic mass is 10.0. The molecule has 0 saturated carbocycles. The van der Waals surface area contributed by atoms with Gasteiger partial charge in [-0.15, -0.1) is 0 Å². The van der Waals surface area contributed by atoms with Gasteiger partial charge in [0.25, 0.3) is 0 Å². The molecule has 90 valence electrons. The minimum absolute atomic E-state index is 1.01. The molecule has 0 radical (unpaired) electrons. The van der Waals surface area contributed by atoms with Crippen LogP contribution in [0.25, 0.3) is 21.2 Å². The molecule has 0 amide bonds. The van der Waals surface area contributed by atoms with E-state index in [1.165, 1.54) is 26.8 Å². The van der Waals surface area contributed by atoms with E-state index in [9.17, 15) is 0 Å². The third-order valence-electron chi connectivity index (χ3n) is 3.11. The van der Waals surface area contributed by atoms with Gasteiger partial charge in [0.05, 0.1) is 4.88 Å². The standard InChI is InChI=1S/C15H12S3/c1-2-11-14(17-18-15(11)16)13-9-5-7-10-6-3-4-8-12(10)13/h3-9H,2H2,1H3. The summed E-state index contributed by atoms with van der Waals surface area (Å²) in [7, 11) is 3.52. The Bertz CT molecular complexity index is 744. The van der Waals surface area contributed by atoms with Gasteiger partial charge in [0.2, 0.25) is 0 Å². The molecule has 18 heavy (non-hydrogen) atoms. The summed E-state index contributed by atoms with van der Waals surface area (Å²) in [6, 6.07) is 15.0. The van der Waals surface area contributed by atoms with E-state index in [1.807, 2.05) is 0 Å². The summed E-state index contributed by atoms with van der Waals surface area (Å²) < 4.78 is 1.05. The quantitative estimate of drug-likeness (QED) is 0.416. The molecule has 3 rings (SSSR count). The average Bonchev–Trinajstić information content (AvgIpc) is 2.79. The maximum atomic E-state index is 5.42. The molecule has 1 heterocycles. The van der Waals surface area contributed by atoms with Crippen LogP contribution in [-0.2, 0) is 6.42 Å². The normalized spacial score (nSPS) is 10.9. The molecule has 0 aliphatic carbocycles. The lowest BCUT2D eigenvalue weighted by Crippen LogP contribution is -1.83. The Kier molecular flexibility index (Phi) is 3.29. The predicted molar refractivity (Wildman–Crippen MR) is 85.4 cm³/mol. The Balaban J connectivity index is 2.35. The van der Waals surface area contributed by atoms with Crippen LogP contribution in [0.1, 0.15) is 12.5 Å².